The maximum atomic E-state index is 12.1. The van der Waals surface area contributed by atoms with E-state index in [-0.39, 0.29) is 11.2 Å². The Morgan fingerprint density at radius 2 is 2.05 bits per heavy atom. The van der Waals surface area contributed by atoms with Crippen LogP contribution in [-0.4, -0.2) is 15.9 Å². The molecule has 1 heterocycles. The molecule has 1 aromatic carbocycles. The van der Waals surface area contributed by atoms with Crippen molar-refractivity contribution < 1.29 is 4.79 Å². The number of rotatable bonds is 2. The lowest BCUT2D eigenvalue weighted by Gasteiger charge is -2.06. The molecule has 1 aliphatic rings. The molecule has 0 aliphatic heterocycles. The van der Waals surface area contributed by atoms with E-state index < -0.39 is 0 Å². The standard InChI is InChI=1S/C14H12ClN3O/c15-14-16-7-6-12(18-14)17-13(19)11-5-4-9-2-1-3-10(9)8-11/h4-8H,1-3H2,(H,16,17,18,19). The van der Waals surface area contributed by atoms with Gasteiger partial charge in [0.1, 0.15) is 5.82 Å². The molecule has 0 saturated heterocycles. The molecule has 1 aromatic heterocycles. The van der Waals surface area contributed by atoms with Crippen molar-refractivity contribution in [2.45, 2.75) is 19.3 Å². The van der Waals surface area contributed by atoms with Crippen LogP contribution < -0.4 is 5.32 Å². The first-order chi connectivity index (χ1) is 9.22. The van der Waals surface area contributed by atoms with E-state index in [1.165, 1.54) is 23.7 Å². The summed E-state index contributed by atoms with van der Waals surface area (Å²) < 4.78 is 0. The Labute approximate surface area is 115 Å². The van der Waals surface area contributed by atoms with Crippen LogP contribution in [-0.2, 0) is 12.8 Å². The van der Waals surface area contributed by atoms with Gasteiger partial charge in [0.2, 0.25) is 5.28 Å². The maximum absolute atomic E-state index is 12.1. The Morgan fingerprint density at radius 3 is 2.89 bits per heavy atom. The quantitative estimate of drug-likeness (QED) is 0.856. The molecular formula is C14H12ClN3O. The van der Waals surface area contributed by atoms with Gasteiger partial charge in [0.25, 0.3) is 5.91 Å². The van der Waals surface area contributed by atoms with Crippen molar-refractivity contribution in [3.05, 3.63) is 52.4 Å². The van der Waals surface area contributed by atoms with E-state index in [0.717, 1.165) is 12.8 Å². The fourth-order valence-corrected chi connectivity index (χ4v) is 2.45. The number of anilines is 1. The van der Waals surface area contributed by atoms with Gasteiger partial charge in [-0.3, -0.25) is 4.79 Å². The number of hydrogen-bond acceptors (Lipinski definition) is 3. The van der Waals surface area contributed by atoms with Crippen molar-refractivity contribution in [1.82, 2.24) is 9.97 Å². The van der Waals surface area contributed by atoms with E-state index in [1.807, 2.05) is 18.2 Å². The molecule has 4 nitrogen and oxygen atoms in total. The third-order valence-corrected chi connectivity index (χ3v) is 3.41. The Bertz CT molecular complexity index is 642. The van der Waals surface area contributed by atoms with E-state index in [2.05, 4.69) is 15.3 Å². The van der Waals surface area contributed by atoms with Crippen molar-refractivity contribution in [1.29, 1.82) is 0 Å². The predicted octanol–water partition coefficient (Wildman–Crippen LogP) is 2.87. The normalized spacial score (nSPS) is 13.1. The highest BCUT2D eigenvalue weighted by Crippen LogP contribution is 2.23. The van der Waals surface area contributed by atoms with Crippen LogP contribution in [0, 0.1) is 0 Å². The van der Waals surface area contributed by atoms with Crippen LogP contribution in [0.5, 0.6) is 0 Å². The second-order valence-corrected chi connectivity index (χ2v) is 4.84. The van der Waals surface area contributed by atoms with Crippen LogP contribution in [0.2, 0.25) is 5.28 Å². The van der Waals surface area contributed by atoms with Gasteiger partial charge in [-0.2, -0.15) is 0 Å². The Kier molecular flexibility index (Phi) is 3.17. The van der Waals surface area contributed by atoms with Crippen molar-refractivity contribution in [2.24, 2.45) is 0 Å². The van der Waals surface area contributed by atoms with E-state index in [4.69, 9.17) is 11.6 Å². The Morgan fingerprint density at radius 1 is 1.21 bits per heavy atom. The minimum absolute atomic E-state index is 0.117. The minimum atomic E-state index is -0.176. The molecule has 3 rings (SSSR count). The maximum Gasteiger partial charge on any atom is 0.256 e. The minimum Gasteiger partial charge on any atom is -0.306 e. The monoisotopic (exact) mass is 273 g/mol. The third kappa shape index (κ3) is 2.58. The average Bonchev–Trinajstić information content (AvgIpc) is 2.85. The van der Waals surface area contributed by atoms with Crippen LogP contribution in [0.1, 0.15) is 27.9 Å². The van der Waals surface area contributed by atoms with Crippen molar-refractivity contribution in [3.63, 3.8) is 0 Å². The number of fused-ring (bicyclic) bond motifs is 1. The van der Waals surface area contributed by atoms with Gasteiger partial charge >= 0.3 is 0 Å². The number of carbonyl (C=O) groups is 1. The number of hydrogen-bond donors (Lipinski definition) is 1. The predicted molar refractivity (Wildman–Crippen MR) is 73.5 cm³/mol. The molecule has 96 valence electrons. The number of benzene rings is 1. The van der Waals surface area contributed by atoms with Crippen molar-refractivity contribution in [2.75, 3.05) is 5.32 Å². The van der Waals surface area contributed by atoms with E-state index >= 15 is 0 Å². The topological polar surface area (TPSA) is 54.9 Å². The average molecular weight is 274 g/mol. The molecule has 0 atom stereocenters. The number of carbonyl (C=O) groups excluding carboxylic acids is 1. The molecular weight excluding hydrogens is 262 g/mol. The first-order valence-electron chi connectivity index (χ1n) is 6.14. The summed E-state index contributed by atoms with van der Waals surface area (Å²) in [5, 5.41) is 2.83. The second-order valence-electron chi connectivity index (χ2n) is 4.50. The molecule has 0 fully saturated rings. The lowest BCUT2D eigenvalue weighted by molar-refractivity contribution is 0.102. The summed E-state index contributed by atoms with van der Waals surface area (Å²) in [4.78, 5) is 19.8. The number of nitrogens with zero attached hydrogens (tertiary/aromatic N) is 2. The van der Waals surface area contributed by atoms with Gasteiger partial charge in [0.05, 0.1) is 0 Å². The molecule has 0 radical (unpaired) electrons. The van der Waals surface area contributed by atoms with Crippen molar-refractivity contribution in [3.8, 4) is 0 Å². The smallest absolute Gasteiger partial charge is 0.256 e. The van der Waals surface area contributed by atoms with Crippen LogP contribution >= 0.6 is 11.6 Å². The summed E-state index contributed by atoms with van der Waals surface area (Å²) in [6.45, 7) is 0. The molecule has 0 unspecified atom stereocenters. The zero-order chi connectivity index (χ0) is 13.2. The van der Waals surface area contributed by atoms with Gasteiger partial charge in [0, 0.05) is 11.8 Å². The molecule has 1 amide bonds. The molecule has 2 aromatic rings. The van der Waals surface area contributed by atoms with E-state index in [1.54, 1.807) is 6.07 Å². The molecule has 1 aliphatic carbocycles. The first kappa shape index (κ1) is 12.1. The van der Waals surface area contributed by atoms with Crippen LogP contribution in [0.4, 0.5) is 5.82 Å². The highest BCUT2D eigenvalue weighted by atomic mass is 35.5. The highest BCUT2D eigenvalue weighted by molar-refractivity contribution is 6.28. The largest absolute Gasteiger partial charge is 0.306 e. The molecule has 1 N–H and O–H groups in total. The van der Waals surface area contributed by atoms with Crippen LogP contribution in [0.25, 0.3) is 0 Å². The lowest BCUT2D eigenvalue weighted by atomic mass is 10.1. The molecule has 0 bridgehead atoms. The fraction of sp³-hybridized carbons (Fsp3) is 0.214. The van der Waals surface area contributed by atoms with Gasteiger partial charge in [-0.05, 0) is 60.2 Å². The molecule has 5 heteroatoms. The van der Waals surface area contributed by atoms with Crippen molar-refractivity contribution >= 4 is 23.3 Å². The number of halogens is 1. The summed E-state index contributed by atoms with van der Waals surface area (Å²) in [5.74, 6) is 0.231. The number of aromatic nitrogens is 2. The Hall–Kier alpha value is -1.94. The summed E-state index contributed by atoms with van der Waals surface area (Å²) in [5.41, 5.74) is 3.27. The number of amides is 1. The lowest BCUT2D eigenvalue weighted by Crippen LogP contribution is -2.13. The van der Waals surface area contributed by atoms with Crippen LogP contribution in [0.3, 0.4) is 0 Å². The van der Waals surface area contributed by atoms with Gasteiger partial charge in [-0.1, -0.05) is 6.07 Å². The van der Waals surface area contributed by atoms with Crippen LogP contribution in [0.15, 0.2) is 30.5 Å². The van der Waals surface area contributed by atoms with Gasteiger partial charge in [0.15, 0.2) is 0 Å². The third-order valence-electron chi connectivity index (χ3n) is 3.23. The summed E-state index contributed by atoms with van der Waals surface area (Å²) in [6, 6.07) is 7.45. The Balaban J connectivity index is 1.81. The molecule has 19 heavy (non-hydrogen) atoms. The zero-order valence-corrected chi connectivity index (χ0v) is 10.9. The highest BCUT2D eigenvalue weighted by Gasteiger charge is 2.14. The van der Waals surface area contributed by atoms with Gasteiger partial charge in [-0.25, -0.2) is 9.97 Å². The van der Waals surface area contributed by atoms with E-state index in [9.17, 15) is 4.79 Å². The molecule has 0 saturated carbocycles. The second kappa shape index (κ2) is 4.97. The SMILES string of the molecule is O=C(Nc1ccnc(Cl)n1)c1ccc2c(c1)CCC2. The molecule has 0 spiro atoms. The number of nitrogens with one attached hydrogen (secondary N) is 1. The van der Waals surface area contributed by atoms with Gasteiger partial charge < -0.3 is 5.32 Å². The summed E-state index contributed by atoms with van der Waals surface area (Å²) in [7, 11) is 0. The number of aryl methyl sites for hydroxylation is 2. The first-order valence-corrected chi connectivity index (χ1v) is 6.52. The zero-order valence-electron chi connectivity index (χ0n) is 10.2. The fourth-order valence-electron chi connectivity index (χ4n) is 2.31. The summed E-state index contributed by atoms with van der Waals surface area (Å²) in [6.07, 6.45) is 4.84. The van der Waals surface area contributed by atoms with Gasteiger partial charge in [-0.15, -0.1) is 0 Å². The summed E-state index contributed by atoms with van der Waals surface area (Å²) >= 11 is 5.68. The van der Waals surface area contributed by atoms with E-state index in [0.29, 0.717) is 11.4 Å².